The minimum Gasteiger partial charge on any atom is -0.507 e. The molecule has 1 aromatic carbocycles. The van der Waals surface area contributed by atoms with Crippen LogP contribution in [0.25, 0.3) is 0 Å². The third-order valence-electron chi connectivity index (χ3n) is 4.76. The van der Waals surface area contributed by atoms with Crippen LogP contribution in [0.3, 0.4) is 0 Å². The first-order chi connectivity index (χ1) is 10.1. The summed E-state index contributed by atoms with van der Waals surface area (Å²) >= 11 is 0. The summed E-state index contributed by atoms with van der Waals surface area (Å²) in [5, 5.41) is 10.9. The fraction of sp³-hybridized carbons (Fsp3) is 0.632. The topological polar surface area (TPSA) is 46.5 Å². The Balaban J connectivity index is 2.58. The van der Waals surface area contributed by atoms with Crippen molar-refractivity contribution in [1.29, 1.82) is 0 Å². The van der Waals surface area contributed by atoms with E-state index < -0.39 is 0 Å². The zero-order chi connectivity index (χ0) is 16.5. The molecule has 0 amide bonds. The van der Waals surface area contributed by atoms with E-state index in [0.29, 0.717) is 11.5 Å². The van der Waals surface area contributed by atoms with Crippen molar-refractivity contribution in [3.63, 3.8) is 0 Å². The fourth-order valence-corrected chi connectivity index (χ4v) is 3.47. The van der Waals surface area contributed by atoms with E-state index in [1.165, 1.54) is 26.2 Å². The lowest BCUT2D eigenvalue weighted by Gasteiger charge is -2.36. The summed E-state index contributed by atoms with van der Waals surface area (Å²) < 4.78 is 5.33. The van der Waals surface area contributed by atoms with Crippen LogP contribution in [-0.4, -0.2) is 11.1 Å². The van der Waals surface area contributed by atoms with Crippen LogP contribution >= 0.6 is 0 Å². The highest BCUT2D eigenvalue weighted by Gasteiger charge is 2.34. The molecule has 0 unspecified atom stereocenters. The lowest BCUT2D eigenvalue weighted by atomic mass is 9.69. The predicted molar refractivity (Wildman–Crippen MR) is 88.6 cm³/mol. The van der Waals surface area contributed by atoms with Gasteiger partial charge in [0, 0.05) is 18.1 Å². The Bertz CT molecular complexity index is 561. The van der Waals surface area contributed by atoms with Gasteiger partial charge in [-0.3, -0.25) is 4.79 Å². The molecule has 0 radical (unpaired) electrons. The number of hydrogen-bond donors (Lipinski definition) is 1. The Hall–Kier alpha value is -1.51. The van der Waals surface area contributed by atoms with Crippen molar-refractivity contribution in [1.82, 2.24) is 0 Å². The number of phenols is 1. The summed E-state index contributed by atoms with van der Waals surface area (Å²) in [7, 11) is 0. The predicted octanol–water partition coefficient (Wildman–Crippen LogP) is 4.84. The van der Waals surface area contributed by atoms with E-state index in [1.807, 2.05) is 6.07 Å². The van der Waals surface area contributed by atoms with Gasteiger partial charge in [0.25, 0.3) is 0 Å². The minimum atomic E-state index is -0.328. The lowest BCUT2D eigenvalue weighted by molar-refractivity contribution is -0.131. The van der Waals surface area contributed by atoms with Gasteiger partial charge < -0.3 is 9.84 Å². The van der Waals surface area contributed by atoms with Crippen molar-refractivity contribution in [2.75, 3.05) is 0 Å². The molecule has 3 heteroatoms. The molecule has 0 heterocycles. The molecular weight excluding hydrogens is 276 g/mol. The molecule has 3 nitrogen and oxygen atoms in total. The molecule has 1 saturated carbocycles. The standard InChI is InChI=1S/C19H28O3/c1-13(20)22-14-11-15(18(2,3)4)17(21)16(12-14)19(5)9-7-6-8-10-19/h11-12,21H,6-10H2,1-5H3. The first-order valence-corrected chi connectivity index (χ1v) is 8.20. The third kappa shape index (κ3) is 3.45. The van der Waals surface area contributed by atoms with E-state index in [4.69, 9.17) is 4.74 Å². The molecule has 2 rings (SSSR count). The van der Waals surface area contributed by atoms with Crippen molar-refractivity contribution in [3.8, 4) is 11.5 Å². The van der Waals surface area contributed by atoms with E-state index in [1.54, 1.807) is 6.07 Å². The van der Waals surface area contributed by atoms with Gasteiger partial charge in [0.15, 0.2) is 0 Å². The van der Waals surface area contributed by atoms with Crippen LogP contribution in [0.15, 0.2) is 12.1 Å². The second-order valence-corrected chi connectivity index (χ2v) is 7.83. The third-order valence-corrected chi connectivity index (χ3v) is 4.76. The molecule has 1 aromatic rings. The van der Waals surface area contributed by atoms with Crippen LogP contribution in [-0.2, 0) is 15.6 Å². The largest absolute Gasteiger partial charge is 0.507 e. The monoisotopic (exact) mass is 304 g/mol. The molecule has 122 valence electrons. The van der Waals surface area contributed by atoms with Gasteiger partial charge in [-0.1, -0.05) is 47.0 Å². The molecule has 0 aliphatic heterocycles. The van der Waals surface area contributed by atoms with E-state index in [9.17, 15) is 9.90 Å². The molecule has 0 atom stereocenters. The van der Waals surface area contributed by atoms with E-state index in [2.05, 4.69) is 27.7 Å². The number of hydrogen-bond acceptors (Lipinski definition) is 3. The first kappa shape index (κ1) is 16.9. The van der Waals surface area contributed by atoms with Gasteiger partial charge in [-0.15, -0.1) is 0 Å². The zero-order valence-electron chi connectivity index (χ0n) is 14.5. The highest BCUT2D eigenvalue weighted by atomic mass is 16.5. The summed E-state index contributed by atoms with van der Waals surface area (Å²) in [4.78, 5) is 11.3. The fourth-order valence-electron chi connectivity index (χ4n) is 3.47. The summed E-state index contributed by atoms with van der Waals surface area (Å²) in [5.41, 5.74) is 1.52. The number of carbonyl (C=O) groups excluding carboxylic acids is 1. The summed E-state index contributed by atoms with van der Waals surface area (Å²) in [5.74, 6) is 0.579. The van der Waals surface area contributed by atoms with Gasteiger partial charge in [-0.05, 0) is 35.8 Å². The smallest absolute Gasteiger partial charge is 0.308 e. The summed E-state index contributed by atoms with van der Waals surface area (Å²) in [6.45, 7) is 9.81. The Morgan fingerprint density at radius 3 is 2.27 bits per heavy atom. The van der Waals surface area contributed by atoms with Crippen molar-refractivity contribution in [2.45, 2.75) is 77.6 Å². The average Bonchev–Trinajstić information content (AvgIpc) is 2.39. The maximum Gasteiger partial charge on any atom is 0.308 e. The Morgan fingerprint density at radius 1 is 1.18 bits per heavy atom. The molecule has 0 aromatic heterocycles. The second-order valence-electron chi connectivity index (χ2n) is 7.83. The lowest BCUT2D eigenvalue weighted by Crippen LogP contribution is -2.26. The van der Waals surface area contributed by atoms with Crippen LogP contribution < -0.4 is 4.74 Å². The van der Waals surface area contributed by atoms with E-state index in [-0.39, 0.29) is 16.8 Å². The van der Waals surface area contributed by atoms with E-state index in [0.717, 1.165) is 24.0 Å². The quantitative estimate of drug-likeness (QED) is 0.628. The van der Waals surface area contributed by atoms with Gasteiger partial charge in [0.2, 0.25) is 0 Å². The van der Waals surface area contributed by atoms with Crippen LogP contribution in [0, 0.1) is 0 Å². The molecule has 1 fully saturated rings. The van der Waals surface area contributed by atoms with Gasteiger partial charge in [-0.2, -0.15) is 0 Å². The van der Waals surface area contributed by atoms with E-state index >= 15 is 0 Å². The van der Waals surface area contributed by atoms with Gasteiger partial charge in [0.1, 0.15) is 11.5 Å². The van der Waals surface area contributed by atoms with Crippen LogP contribution in [0.4, 0.5) is 0 Å². The van der Waals surface area contributed by atoms with Gasteiger partial charge in [0.05, 0.1) is 0 Å². The van der Waals surface area contributed by atoms with Crippen LogP contribution in [0.5, 0.6) is 11.5 Å². The SMILES string of the molecule is CC(=O)Oc1cc(C(C)(C)C)c(O)c(C2(C)CCCCC2)c1. The highest BCUT2D eigenvalue weighted by molar-refractivity contribution is 5.70. The molecule has 1 aliphatic rings. The second kappa shape index (κ2) is 5.94. The molecule has 0 spiro atoms. The Labute approximate surface area is 133 Å². The molecule has 0 bridgehead atoms. The van der Waals surface area contributed by atoms with Crippen LogP contribution in [0.2, 0.25) is 0 Å². The number of ether oxygens (including phenoxy) is 1. The molecular formula is C19H28O3. The van der Waals surface area contributed by atoms with Gasteiger partial charge >= 0.3 is 5.97 Å². The zero-order valence-corrected chi connectivity index (χ0v) is 14.5. The highest BCUT2D eigenvalue weighted by Crippen LogP contribution is 2.47. The number of esters is 1. The molecule has 22 heavy (non-hydrogen) atoms. The maximum absolute atomic E-state index is 11.3. The van der Waals surface area contributed by atoms with Crippen molar-refractivity contribution >= 4 is 5.97 Å². The number of phenolic OH excluding ortho intramolecular Hbond substituents is 1. The Kier molecular flexibility index (Phi) is 4.55. The summed E-state index contributed by atoms with van der Waals surface area (Å²) in [6.07, 6.45) is 5.74. The van der Waals surface area contributed by atoms with Crippen molar-refractivity contribution in [3.05, 3.63) is 23.3 Å². The van der Waals surface area contributed by atoms with Crippen molar-refractivity contribution in [2.24, 2.45) is 0 Å². The average molecular weight is 304 g/mol. The first-order valence-electron chi connectivity index (χ1n) is 8.20. The molecule has 0 saturated heterocycles. The molecule has 1 N–H and O–H groups in total. The number of aromatic hydroxyl groups is 1. The number of carbonyl (C=O) groups is 1. The van der Waals surface area contributed by atoms with Gasteiger partial charge in [-0.25, -0.2) is 0 Å². The van der Waals surface area contributed by atoms with Crippen LogP contribution in [0.1, 0.15) is 77.8 Å². The van der Waals surface area contributed by atoms with Crippen molar-refractivity contribution < 1.29 is 14.6 Å². The maximum atomic E-state index is 11.3. The number of benzene rings is 1. The Morgan fingerprint density at radius 2 is 1.77 bits per heavy atom. The number of rotatable bonds is 2. The summed E-state index contributed by atoms with van der Waals surface area (Å²) in [6, 6.07) is 3.66. The minimum absolute atomic E-state index is 0.0432. The normalized spacial score (nSPS) is 18.0. The molecule has 1 aliphatic carbocycles.